The molecule has 0 aliphatic carbocycles. The summed E-state index contributed by atoms with van der Waals surface area (Å²) in [5.41, 5.74) is 0.561. The molecule has 2 aromatic rings. The third kappa shape index (κ3) is 3.45. The van der Waals surface area contributed by atoms with E-state index < -0.39 is 30.7 Å². The number of benzene rings is 1. The second-order valence-corrected chi connectivity index (χ2v) is 5.23. The van der Waals surface area contributed by atoms with Crippen LogP contribution in [0.15, 0.2) is 18.2 Å². The van der Waals surface area contributed by atoms with Gasteiger partial charge in [-0.1, -0.05) is 0 Å². The number of aromatic nitrogens is 2. The number of carbonyl (C=O) groups is 1. The van der Waals surface area contributed by atoms with Crippen molar-refractivity contribution in [2.24, 2.45) is 0 Å². The highest BCUT2D eigenvalue weighted by molar-refractivity contribution is 6.01. The fourth-order valence-electron chi connectivity index (χ4n) is 2.56. The van der Waals surface area contributed by atoms with Crippen LogP contribution in [-0.2, 0) is 9.53 Å². The molecule has 1 amide bonds. The lowest BCUT2D eigenvalue weighted by atomic mass is 10.2. The van der Waals surface area contributed by atoms with Gasteiger partial charge in [-0.25, -0.2) is 13.2 Å². The monoisotopic (exact) mass is 328 g/mol. The van der Waals surface area contributed by atoms with Crippen molar-refractivity contribution in [1.29, 1.82) is 0 Å². The first-order valence-corrected chi connectivity index (χ1v) is 7.09. The Morgan fingerprint density at radius 2 is 2.35 bits per heavy atom. The quantitative estimate of drug-likeness (QED) is 0.894. The minimum atomic E-state index is -2.54. The highest BCUT2D eigenvalue weighted by Gasteiger charge is 2.31. The van der Waals surface area contributed by atoms with Crippen molar-refractivity contribution in [3.05, 3.63) is 24.0 Å². The maximum atomic E-state index is 13.3. The lowest BCUT2D eigenvalue weighted by molar-refractivity contribution is -0.128. The molecule has 2 heterocycles. The van der Waals surface area contributed by atoms with Crippen LogP contribution in [0.25, 0.3) is 10.9 Å². The Hall–Kier alpha value is -2.13. The Morgan fingerprint density at radius 1 is 1.52 bits per heavy atom. The van der Waals surface area contributed by atoms with Crippen molar-refractivity contribution in [1.82, 2.24) is 15.1 Å². The lowest BCUT2D eigenvalue weighted by Crippen LogP contribution is -2.53. The van der Waals surface area contributed by atoms with E-state index >= 15 is 0 Å². The predicted molar refractivity (Wildman–Crippen MR) is 76.9 cm³/mol. The second kappa shape index (κ2) is 6.55. The van der Waals surface area contributed by atoms with Crippen LogP contribution < -0.4 is 5.32 Å². The Kier molecular flexibility index (Phi) is 4.49. The van der Waals surface area contributed by atoms with Gasteiger partial charge in [0.05, 0.1) is 25.3 Å². The normalized spacial score (nSPS) is 19.4. The van der Waals surface area contributed by atoms with Crippen molar-refractivity contribution < 1.29 is 22.7 Å². The molecule has 0 spiro atoms. The fourth-order valence-corrected chi connectivity index (χ4v) is 2.56. The molecule has 0 radical (unpaired) electrons. The molecule has 23 heavy (non-hydrogen) atoms. The number of nitrogens with zero attached hydrogens (tertiary/aromatic N) is 2. The molecule has 1 aromatic heterocycles. The third-order valence-electron chi connectivity index (χ3n) is 3.68. The molecule has 3 rings (SSSR count). The number of morpholine rings is 1. The number of halogens is 3. The maximum absolute atomic E-state index is 13.3. The average Bonchev–Trinajstić information content (AvgIpc) is 2.89. The van der Waals surface area contributed by atoms with Crippen LogP contribution >= 0.6 is 0 Å². The zero-order valence-corrected chi connectivity index (χ0v) is 12.1. The summed E-state index contributed by atoms with van der Waals surface area (Å²) in [5, 5.41) is 9.56. The first-order chi connectivity index (χ1) is 11.0. The SMILES string of the molecule is O=C(Nc1n[nH]c2ccc(F)cc12)C1COCCN1CC(F)F. The van der Waals surface area contributed by atoms with E-state index in [2.05, 4.69) is 15.5 Å². The van der Waals surface area contributed by atoms with Crippen molar-refractivity contribution in [3.63, 3.8) is 0 Å². The highest BCUT2D eigenvalue weighted by atomic mass is 19.3. The topological polar surface area (TPSA) is 70.2 Å². The predicted octanol–water partition coefficient (Wildman–Crippen LogP) is 1.61. The molecular weight excluding hydrogens is 313 g/mol. The summed E-state index contributed by atoms with van der Waals surface area (Å²) in [5.74, 6) is -0.815. The summed E-state index contributed by atoms with van der Waals surface area (Å²) < 4.78 is 43.8. The van der Waals surface area contributed by atoms with Crippen LogP contribution in [0, 0.1) is 5.82 Å². The number of amides is 1. The van der Waals surface area contributed by atoms with Crippen molar-refractivity contribution in [2.75, 3.05) is 31.6 Å². The Balaban J connectivity index is 1.77. The summed E-state index contributed by atoms with van der Waals surface area (Å²) in [7, 11) is 0. The van der Waals surface area contributed by atoms with Gasteiger partial charge in [0.15, 0.2) is 5.82 Å². The zero-order chi connectivity index (χ0) is 16.4. The van der Waals surface area contributed by atoms with Gasteiger partial charge in [-0.3, -0.25) is 14.8 Å². The van der Waals surface area contributed by atoms with Gasteiger partial charge in [0, 0.05) is 11.9 Å². The molecule has 0 saturated carbocycles. The maximum Gasteiger partial charge on any atom is 0.251 e. The first-order valence-electron chi connectivity index (χ1n) is 7.09. The summed E-state index contributed by atoms with van der Waals surface area (Å²) in [6.07, 6.45) is -2.54. The molecule has 1 unspecified atom stereocenters. The number of ether oxygens (including phenoxy) is 1. The number of hydrogen-bond donors (Lipinski definition) is 2. The van der Waals surface area contributed by atoms with Crippen LogP contribution in [-0.4, -0.2) is 59.8 Å². The molecule has 2 N–H and O–H groups in total. The van der Waals surface area contributed by atoms with Crippen LogP contribution in [0.2, 0.25) is 0 Å². The minimum absolute atomic E-state index is 0.0231. The summed E-state index contributed by atoms with van der Waals surface area (Å²) in [6, 6.07) is 3.17. The van der Waals surface area contributed by atoms with Crippen LogP contribution in [0.3, 0.4) is 0 Å². The molecule has 1 saturated heterocycles. The van der Waals surface area contributed by atoms with E-state index in [1.54, 1.807) is 0 Å². The third-order valence-corrected chi connectivity index (χ3v) is 3.68. The van der Waals surface area contributed by atoms with Gasteiger partial charge in [-0.2, -0.15) is 5.10 Å². The van der Waals surface area contributed by atoms with E-state index in [1.165, 1.54) is 23.1 Å². The van der Waals surface area contributed by atoms with Crippen molar-refractivity contribution >= 4 is 22.6 Å². The van der Waals surface area contributed by atoms with E-state index in [0.717, 1.165) is 0 Å². The minimum Gasteiger partial charge on any atom is -0.378 e. The number of fused-ring (bicyclic) bond motifs is 1. The van der Waals surface area contributed by atoms with Crippen LogP contribution in [0.5, 0.6) is 0 Å². The highest BCUT2D eigenvalue weighted by Crippen LogP contribution is 2.22. The summed E-state index contributed by atoms with van der Waals surface area (Å²) in [6.45, 7) is 0.0675. The Labute approximate surface area is 129 Å². The van der Waals surface area contributed by atoms with Gasteiger partial charge >= 0.3 is 0 Å². The molecule has 1 aliphatic heterocycles. The number of anilines is 1. The number of alkyl halides is 2. The standard InChI is InChI=1S/C14H15F3N4O2/c15-8-1-2-10-9(5-8)13(20-19-10)18-14(22)11-7-23-4-3-21(11)6-12(16)17/h1-2,5,11-12H,3-4,6-7H2,(H2,18,19,20,22). The zero-order valence-electron chi connectivity index (χ0n) is 12.1. The van der Waals surface area contributed by atoms with E-state index in [4.69, 9.17) is 4.74 Å². The van der Waals surface area contributed by atoms with Gasteiger partial charge in [0.2, 0.25) is 5.91 Å². The molecule has 1 atom stereocenters. The molecule has 0 bridgehead atoms. The average molecular weight is 328 g/mol. The van der Waals surface area contributed by atoms with E-state index in [-0.39, 0.29) is 19.0 Å². The molecule has 1 fully saturated rings. The number of carbonyl (C=O) groups excluding carboxylic acids is 1. The van der Waals surface area contributed by atoms with Gasteiger partial charge in [0.25, 0.3) is 6.43 Å². The van der Waals surface area contributed by atoms with Crippen LogP contribution in [0.1, 0.15) is 0 Å². The van der Waals surface area contributed by atoms with E-state index in [0.29, 0.717) is 17.5 Å². The summed E-state index contributed by atoms with van der Waals surface area (Å²) in [4.78, 5) is 13.7. The van der Waals surface area contributed by atoms with Crippen molar-refractivity contribution in [2.45, 2.75) is 12.5 Å². The number of rotatable bonds is 4. The number of hydrogen-bond acceptors (Lipinski definition) is 4. The Bertz CT molecular complexity index is 706. The fraction of sp³-hybridized carbons (Fsp3) is 0.429. The summed E-state index contributed by atoms with van der Waals surface area (Å²) >= 11 is 0. The molecule has 1 aliphatic rings. The van der Waals surface area contributed by atoms with E-state index in [1.807, 2.05) is 0 Å². The van der Waals surface area contributed by atoms with Gasteiger partial charge in [-0.05, 0) is 18.2 Å². The smallest absolute Gasteiger partial charge is 0.251 e. The van der Waals surface area contributed by atoms with Gasteiger partial charge in [0.1, 0.15) is 11.9 Å². The van der Waals surface area contributed by atoms with Crippen molar-refractivity contribution in [3.8, 4) is 0 Å². The van der Waals surface area contributed by atoms with E-state index in [9.17, 15) is 18.0 Å². The molecule has 1 aromatic carbocycles. The molecule has 9 heteroatoms. The first kappa shape index (κ1) is 15.8. The van der Waals surface area contributed by atoms with Gasteiger partial charge in [-0.15, -0.1) is 0 Å². The largest absolute Gasteiger partial charge is 0.378 e. The van der Waals surface area contributed by atoms with Gasteiger partial charge < -0.3 is 10.1 Å². The Morgan fingerprint density at radius 3 is 3.13 bits per heavy atom. The van der Waals surface area contributed by atoms with Crippen LogP contribution in [0.4, 0.5) is 19.0 Å². The number of H-pyrrole nitrogens is 1. The number of nitrogens with one attached hydrogen (secondary N) is 2. The second-order valence-electron chi connectivity index (χ2n) is 5.23. The molecule has 124 valence electrons. The lowest BCUT2D eigenvalue weighted by Gasteiger charge is -2.33. The number of aromatic amines is 1. The molecule has 6 nitrogen and oxygen atoms in total. The molecular formula is C14H15F3N4O2.